The molecule has 2 atom stereocenters. The first-order valence-corrected chi connectivity index (χ1v) is 7.15. The average Bonchev–Trinajstić information content (AvgIpc) is 2.81. The molecule has 1 aromatic carbocycles. The first-order chi connectivity index (χ1) is 9.52. The number of carbonyl (C=O) groups is 2. The number of anilines is 1. The Balaban J connectivity index is 2.08. The van der Waals surface area contributed by atoms with E-state index in [4.69, 9.17) is 9.84 Å². The Hall–Kier alpha value is -1.89. The van der Waals surface area contributed by atoms with Gasteiger partial charge in [0.1, 0.15) is 11.8 Å². The summed E-state index contributed by atoms with van der Waals surface area (Å²) in [6.07, 6.45) is 0. The zero-order valence-electron chi connectivity index (χ0n) is 11.2. The molecule has 6 nitrogen and oxygen atoms in total. The van der Waals surface area contributed by atoms with Crippen LogP contribution in [0.3, 0.4) is 0 Å². The molecule has 0 aliphatic carbocycles. The highest BCUT2D eigenvalue weighted by Gasteiger charge is 2.39. The number of methoxy groups -OCH3 is 1. The van der Waals surface area contributed by atoms with Crippen molar-refractivity contribution in [2.45, 2.75) is 18.3 Å². The molecule has 0 saturated carbocycles. The molecule has 0 radical (unpaired) electrons. The minimum absolute atomic E-state index is 0.158. The number of rotatable bonds is 3. The fourth-order valence-electron chi connectivity index (χ4n) is 2.00. The van der Waals surface area contributed by atoms with Crippen LogP contribution in [0.1, 0.15) is 6.92 Å². The average molecular weight is 296 g/mol. The second kappa shape index (κ2) is 6.04. The minimum Gasteiger partial charge on any atom is -0.497 e. The van der Waals surface area contributed by atoms with Crippen molar-refractivity contribution >= 4 is 29.4 Å². The molecule has 108 valence electrons. The first-order valence-electron chi connectivity index (χ1n) is 6.10. The zero-order chi connectivity index (χ0) is 14.7. The van der Waals surface area contributed by atoms with Gasteiger partial charge in [-0.15, -0.1) is 11.8 Å². The van der Waals surface area contributed by atoms with Crippen molar-refractivity contribution < 1.29 is 19.4 Å². The van der Waals surface area contributed by atoms with E-state index in [1.165, 1.54) is 16.7 Å². The molecular formula is C13H16N2O4S. The van der Waals surface area contributed by atoms with Crippen molar-refractivity contribution in [3.8, 4) is 5.75 Å². The van der Waals surface area contributed by atoms with E-state index in [0.29, 0.717) is 17.2 Å². The number of thioether (sulfide) groups is 1. The third-order valence-corrected chi connectivity index (χ3v) is 4.30. The van der Waals surface area contributed by atoms with Crippen molar-refractivity contribution in [1.82, 2.24) is 4.90 Å². The lowest BCUT2D eigenvalue weighted by molar-refractivity contribution is -0.141. The van der Waals surface area contributed by atoms with Crippen molar-refractivity contribution in [3.05, 3.63) is 24.3 Å². The summed E-state index contributed by atoms with van der Waals surface area (Å²) in [5.41, 5.74) is 0.601. The van der Waals surface area contributed by atoms with E-state index in [-0.39, 0.29) is 5.37 Å². The number of aliphatic carboxylic acids is 1. The Morgan fingerprint density at radius 3 is 2.60 bits per heavy atom. The Morgan fingerprint density at radius 1 is 1.40 bits per heavy atom. The molecule has 7 heteroatoms. The zero-order valence-corrected chi connectivity index (χ0v) is 12.0. The Morgan fingerprint density at radius 2 is 2.05 bits per heavy atom. The summed E-state index contributed by atoms with van der Waals surface area (Å²) in [5.74, 6) is 0.121. The van der Waals surface area contributed by atoms with Crippen LogP contribution >= 0.6 is 11.8 Å². The fraction of sp³-hybridized carbons (Fsp3) is 0.385. The van der Waals surface area contributed by atoms with Gasteiger partial charge in [0.05, 0.1) is 12.5 Å². The van der Waals surface area contributed by atoms with E-state index in [0.717, 1.165) is 0 Å². The molecule has 0 bridgehead atoms. The molecule has 1 heterocycles. The third-order valence-electron chi connectivity index (χ3n) is 3.08. The van der Waals surface area contributed by atoms with E-state index >= 15 is 0 Å². The quantitative estimate of drug-likeness (QED) is 0.892. The van der Waals surface area contributed by atoms with Crippen LogP contribution in [0.5, 0.6) is 5.75 Å². The number of ether oxygens (including phenoxy) is 1. The van der Waals surface area contributed by atoms with E-state index in [1.54, 1.807) is 31.4 Å². The SMILES string of the molecule is COc1ccc(NC(=O)N2C(C)SCC2C(=O)O)cc1. The standard InChI is InChI=1S/C13H16N2O4S/c1-8-15(11(7-20-8)12(16)17)13(18)14-9-3-5-10(19-2)6-4-9/h3-6,8,11H,7H2,1-2H3,(H,14,18)(H,16,17). The predicted molar refractivity (Wildman–Crippen MR) is 77.2 cm³/mol. The molecule has 2 unspecified atom stereocenters. The molecule has 1 saturated heterocycles. The van der Waals surface area contributed by atoms with Gasteiger partial charge in [0.2, 0.25) is 0 Å². The Kier molecular flexibility index (Phi) is 4.39. The van der Waals surface area contributed by atoms with Gasteiger partial charge < -0.3 is 15.2 Å². The number of nitrogens with one attached hydrogen (secondary N) is 1. The van der Waals surface area contributed by atoms with E-state index in [2.05, 4.69) is 5.32 Å². The lowest BCUT2D eigenvalue weighted by atomic mass is 10.3. The van der Waals surface area contributed by atoms with E-state index in [9.17, 15) is 9.59 Å². The number of carboxylic acids is 1. The molecule has 1 aromatic rings. The van der Waals surface area contributed by atoms with Gasteiger partial charge in [-0.25, -0.2) is 9.59 Å². The second-order valence-corrected chi connectivity index (χ2v) is 5.70. The van der Waals surface area contributed by atoms with Crippen molar-refractivity contribution in [1.29, 1.82) is 0 Å². The molecule has 1 aliphatic heterocycles. The smallest absolute Gasteiger partial charge is 0.327 e. The maximum absolute atomic E-state index is 12.2. The topological polar surface area (TPSA) is 78.9 Å². The summed E-state index contributed by atoms with van der Waals surface area (Å²) in [4.78, 5) is 24.7. The summed E-state index contributed by atoms with van der Waals surface area (Å²) in [6.45, 7) is 1.82. The summed E-state index contributed by atoms with van der Waals surface area (Å²) in [7, 11) is 1.56. The maximum atomic E-state index is 12.2. The minimum atomic E-state index is -0.980. The van der Waals surface area contributed by atoms with Crippen LogP contribution in [0.25, 0.3) is 0 Å². The van der Waals surface area contributed by atoms with Gasteiger partial charge in [0, 0.05) is 11.4 Å². The summed E-state index contributed by atoms with van der Waals surface area (Å²) < 4.78 is 5.04. The van der Waals surface area contributed by atoms with Crippen LogP contribution in [0, 0.1) is 0 Å². The summed E-state index contributed by atoms with van der Waals surface area (Å²) >= 11 is 1.45. The highest BCUT2D eigenvalue weighted by molar-refractivity contribution is 8.00. The Bertz CT molecular complexity index is 506. The van der Waals surface area contributed by atoms with Crippen LogP contribution in [0.2, 0.25) is 0 Å². The first kappa shape index (κ1) is 14.5. The van der Waals surface area contributed by atoms with Gasteiger partial charge in [-0.3, -0.25) is 4.90 Å². The van der Waals surface area contributed by atoms with Crippen molar-refractivity contribution in [2.24, 2.45) is 0 Å². The lowest BCUT2D eigenvalue weighted by Gasteiger charge is -2.25. The van der Waals surface area contributed by atoms with Crippen LogP contribution in [-0.2, 0) is 4.79 Å². The van der Waals surface area contributed by atoms with Crippen LogP contribution < -0.4 is 10.1 Å². The third kappa shape index (κ3) is 2.98. The van der Waals surface area contributed by atoms with Gasteiger partial charge in [-0.05, 0) is 31.2 Å². The van der Waals surface area contributed by atoms with Crippen LogP contribution in [-0.4, -0.2) is 46.3 Å². The fourth-order valence-corrected chi connectivity index (χ4v) is 3.17. The van der Waals surface area contributed by atoms with E-state index < -0.39 is 18.0 Å². The Labute approximate surface area is 121 Å². The highest BCUT2D eigenvalue weighted by Crippen LogP contribution is 2.29. The summed E-state index contributed by atoms with van der Waals surface area (Å²) in [6, 6.07) is 5.69. The largest absolute Gasteiger partial charge is 0.497 e. The van der Waals surface area contributed by atoms with Gasteiger partial charge in [0.25, 0.3) is 0 Å². The molecule has 1 aliphatic rings. The number of nitrogens with zero attached hydrogens (tertiary/aromatic N) is 1. The highest BCUT2D eigenvalue weighted by atomic mass is 32.2. The second-order valence-electron chi connectivity index (χ2n) is 4.35. The number of benzene rings is 1. The predicted octanol–water partition coefficient (Wildman–Crippen LogP) is 2.08. The summed E-state index contributed by atoms with van der Waals surface area (Å²) in [5, 5.41) is 11.7. The number of hydrogen-bond donors (Lipinski definition) is 2. The molecule has 0 aromatic heterocycles. The van der Waals surface area contributed by atoms with Crippen molar-refractivity contribution in [2.75, 3.05) is 18.2 Å². The van der Waals surface area contributed by atoms with Gasteiger partial charge >= 0.3 is 12.0 Å². The van der Waals surface area contributed by atoms with Crippen molar-refractivity contribution in [3.63, 3.8) is 0 Å². The monoisotopic (exact) mass is 296 g/mol. The van der Waals surface area contributed by atoms with Gasteiger partial charge in [-0.1, -0.05) is 0 Å². The maximum Gasteiger partial charge on any atom is 0.327 e. The molecule has 20 heavy (non-hydrogen) atoms. The number of carboxylic acid groups (broad SMARTS) is 1. The number of amides is 2. The van der Waals surface area contributed by atoms with Crippen LogP contribution in [0.15, 0.2) is 24.3 Å². The molecular weight excluding hydrogens is 280 g/mol. The van der Waals surface area contributed by atoms with Gasteiger partial charge in [0.15, 0.2) is 0 Å². The molecule has 2 rings (SSSR count). The van der Waals surface area contributed by atoms with E-state index in [1.807, 2.05) is 6.92 Å². The molecule has 2 N–H and O–H groups in total. The number of hydrogen-bond acceptors (Lipinski definition) is 4. The van der Waals surface area contributed by atoms with Gasteiger partial charge in [-0.2, -0.15) is 0 Å². The number of carbonyl (C=O) groups excluding carboxylic acids is 1. The van der Waals surface area contributed by atoms with Crippen LogP contribution in [0.4, 0.5) is 10.5 Å². The molecule has 2 amide bonds. The molecule has 0 spiro atoms. The molecule has 1 fully saturated rings. The lowest BCUT2D eigenvalue weighted by Crippen LogP contribution is -2.46. The number of urea groups is 1. The normalized spacial score (nSPS) is 21.6.